The molecular weight excluding hydrogens is 336 g/mol. The van der Waals surface area contributed by atoms with Crippen LogP contribution in [0.1, 0.15) is 38.5 Å². The van der Waals surface area contributed by atoms with Gasteiger partial charge in [-0.3, -0.25) is 4.79 Å². The fraction of sp³-hybridized carbons (Fsp3) is 0.579. The molecule has 0 bridgehead atoms. The van der Waals surface area contributed by atoms with Gasteiger partial charge in [0.25, 0.3) is 5.19 Å². The Bertz CT molecular complexity index is 746. The zero-order valence-corrected chi connectivity index (χ0v) is 15.4. The van der Waals surface area contributed by atoms with Crippen LogP contribution in [0.15, 0.2) is 18.2 Å². The SMILES string of the molecule is COc1ccc2nc(OC3CCN(C(=O)C4CCCC4)CC3)sc2c1. The summed E-state index contributed by atoms with van der Waals surface area (Å²) in [5.74, 6) is 1.47. The molecule has 0 unspecified atom stereocenters. The second-order valence-electron chi connectivity index (χ2n) is 6.94. The molecule has 0 N–H and O–H groups in total. The van der Waals surface area contributed by atoms with Crippen molar-refractivity contribution in [3.05, 3.63) is 18.2 Å². The molecule has 4 rings (SSSR count). The number of piperidine rings is 1. The van der Waals surface area contributed by atoms with E-state index in [9.17, 15) is 4.79 Å². The van der Waals surface area contributed by atoms with Gasteiger partial charge in [-0.1, -0.05) is 24.2 Å². The summed E-state index contributed by atoms with van der Waals surface area (Å²) in [7, 11) is 1.67. The molecular formula is C19H24N2O3S. The third-order valence-electron chi connectivity index (χ3n) is 5.30. The van der Waals surface area contributed by atoms with E-state index in [0.29, 0.717) is 11.1 Å². The lowest BCUT2D eigenvalue weighted by atomic mass is 10.0. The monoisotopic (exact) mass is 360 g/mol. The average Bonchev–Trinajstić information content (AvgIpc) is 3.30. The van der Waals surface area contributed by atoms with Crippen molar-refractivity contribution in [2.24, 2.45) is 5.92 Å². The smallest absolute Gasteiger partial charge is 0.274 e. The van der Waals surface area contributed by atoms with Crippen LogP contribution in [0.5, 0.6) is 10.9 Å². The van der Waals surface area contributed by atoms with Gasteiger partial charge >= 0.3 is 0 Å². The highest BCUT2D eigenvalue weighted by molar-refractivity contribution is 7.20. The van der Waals surface area contributed by atoms with Crippen LogP contribution in [0.25, 0.3) is 10.2 Å². The van der Waals surface area contributed by atoms with Gasteiger partial charge in [0, 0.05) is 31.8 Å². The van der Waals surface area contributed by atoms with Gasteiger partial charge in [-0.05, 0) is 31.0 Å². The largest absolute Gasteiger partial charge is 0.497 e. The third kappa shape index (κ3) is 3.59. The van der Waals surface area contributed by atoms with Crippen molar-refractivity contribution >= 4 is 27.5 Å². The number of thiazole rings is 1. The molecule has 0 radical (unpaired) electrons. The zero-order chi connectivity index (χ0) is 17.2. The fourth-order valence-corrected chi connectivity index (χ4v) is 4.74. The maximum absolute atomic E-state index is 12.5. The molecule has 5 nitrogen and oxygen atoms in total. The minimum Gasteiger partial charge on any atom is -0.497 e. The Morgan fingerprint density at radius 2 is 1.96 bits per heavy atom. The van der Waals surface area contributed by atoms with Gasteiger partial charge < -0.3 is 14.4 Å². The summed E-state index contributed by atoms with van der Waals surface area (Å²) in [6.45, 7) is 1.61. The molecule has 1 aliphatic heterocycles. The van der Waals surface area contributed by atoms with E-state index in [0.717, 1.165) is 54.7 Å². The van der Waals surface area contributed by atoms with Crippen LogP contribution in [-0.4, -0.2) is 42.1 Å². The van der Waals surface area contributed by atoms with Crippen molar-refractivity contribution in [2.75, 3.05) is 20.2 Å². The van der Waals surface area contributed by atoms with Crippen LogP contribution >= 0.6 is 11.3 Å². The highest BCUT2D eigenvalue weighted by atomic mass is 32.1. The second kappa shape index (κ2) is 7.20. The lowest BCUT2D eigenvalue weighted by Crippen LogP contribution is -2.43. The van der Waals surface area contributed by atoms with Crippen molar-refractivity contribution in [3.8, 4) is 10.9 Å². The molecule has 1 aromatic heterocycles. The molecule has 1 aromatic carbocycles. The number of carbonyl (C=O) groups is 1. The number of aromatic nitrogens is 1. The number of likely N-dealkylation sites (tertiary alicyclic amines) is 1. The van der Waals surface area contributed by atoms with Gasteiger partial charge in [-0.15, -0.1) is 0 Å². The van der Waals surface area contributed by atoms with Crippen LogP contribution in [0.3, 0.4) is 0 Å². The first kappa shape index (κ1) is 16.6. The molecule has 6 heteroatoms. The number of benzene rings is 1. The Morgan fingerprint density at radius 3 is 2.68 bits per heavy atom. The Hall–Kier alpha value is -1.82. The van der Waals surface area contributed by atoms with E-state index in [1.807, 2.05) is 23.1 Å². The van der Waals surface area contributed by atoms with Crippen LogP contribution in [0.2, 0.25) is 0 Å². The number of methoxy groups -OCH3 is 1. The maximum Gasteiger partial charge on any atom is 0.274 e. The summed E-state index contributed by atoms with van der Waals surface area (Å²) in [5.41, 5.74) is 0.939. The predicted octanol–water partition coefficient (Wildman–Crippen LogP) is 3.86. The third-order valence-corrected chi connectivity index (χ3v) is 6.21. The number of hydrogen-bond donors (Lipinski definition) is 0. The Labute approximate surface area is 151 Å². The molecule has 2 aliphatic rings. The van der Waals surface area contributed by atoms with Crippen LogP contribution < -0.4 is 9.47 Å². The van der Waals surface area contributed by atoms with Crippen molar-refractivity contribution in [2.45, 2.75) is 44.6 Å². The first-order chi connectivity index (χ1) is 12.2. The number of carbonyl (C=O) groups excluding carboxylic acids is 1. The minimum atomic E-state index is 0.148. The summed E-state index contributed by atoms with van der Waals surface area (Å²) < 4.78 is 12.4. The first-order valence-corrected chi connectivity index (χ1v) is 9.94. The predicted molar refractivity (Wildman–Crippen MR) is 98.4 cm³/mol. The highest BCUT2D eigenvalue weighted by Gasteiger charge is 2.30. The zero-order valence-electron chi connectivity index (χ0n) is 14.6. The van der Waals surface area contributed by atoms with E-state index in [2.05, 4.69) is 4.98 Å². The lowest BCUT2D eigenvalue weighted by molar-refractivity contribution is -0.137. The molecule has 0 spiro atoms. The summed E-state index contributed by atoms with van der Waals surface area (Å²) in [6, 6.07) is 5.86. The van der Waals surface area contributed by atoms with Crippen LogP contribution in [0.4, 0.5) is 0 Å². The molecule has 25 heavy (non-hydrogen) atoms. The van der Waals surface area contributed by atoms with Gasteiger partial charge in [0.2, 0.25) is 5.91 Å². The van der Waals surface area contributed by atoms with Crippen molar-refractivity contribution < 1.29 is 14.3 Å². The molecule has 1 saturated heterocycles. The van der Waals surface area contributed by atoms with Crippen LogP contribution in [0, 0.1) is 5.92 Å². The molecule has 2 heterocycles. The Kier molecular flexibility index (Phi) is 4.79. The van der Waals surface area contributed by atoms with Gasteiger partial charge in [0.05, 0.1) is 17.3 Å². The Balaban J connectivity index is 1.34. The fourth-order valence-electron chi connectivity index (χ4n) is 3.83. The topological polar surface area (TPSA) is 51.7 Å². The minimum absolute atomic E-state index is 0.148. The van der Waals surface area contributed by atoms with E-state index >= 15 is 0 Å². The van der Waals surface area contributed by atoms with Gasteiger partial charge in [0.15, 0.2) is 0 Å². The standard InChI is InChI=1S/C19H24N2O3S/c1-23-15-6-7-16-17(12-15)25-19(20-16)24-14-8-10-21(11-9-14)18(22)13-4-2-3-5-13/h6-7,12-14H,2-5,8-11H2,1H3. The van der Waals surface area contributed by atoms with E-state index < -0.39 is 0 Å². The first-order valence-electron chi connectivity index (χ1n) is 9.13. The van der Waals surface area contributed by atoms with Crippen LogP contribution in [-0.2, 0) is 4.79 Å². The summed E-state index contributed by atoms with van der Waals surface area (Å²) in [5, 5.41) is 0.712. The van der Waals surface area contributed by atoms with Crippen molar-refractivity contribution in [3.63, 3.8) is 0 Å². The average molecular weight is 360 g/mol. The normalized spacial score (nSPS) is 19.5. The van der Waals surface area contributed by atoms with E-state index in [-0.39, 0.29) is 12.0 Å². The molecule has 1 saturated carbocycles. The summed E-state index contributed by atoms with van der Waals surface area (Å²) >= 11 is 1.55. The second-order valence-corrected chi connectivity index (χ2v) is 7.93. The molecule has 2 fully saturated rings. The van der Waals surface area contributed by atoms with E-state index in [1.165, 1.54) is 12.8 Å². The number of hydrogen-bond acceptors (Lipinski definition) is 5. The summed E-state index contributed by atoms with van der Waals surface area (Å²) in [6.07, 6.45) is 6.48. The van der Waals surface area contributed by atoms with Crippen molar-refractivity contribution in [1.82, 2.24) is 9.88 Å². The maximum atomic E-state index is 12.5. The number of rotatable bonds is 4. The lowest BCUT2D eigenvalue weighted by Gasteiger charge is -2.33. The van der Waals surface area contributed by atoms with Gasteiger partial charge in [0.1, 0.15) is 11.9 Å². The number of amides is 1. The number of ether oxygens (including phenoxy) is 2. The summed E-state index contributed by atoms with van der Waals surface area (Å²) in [4.78, 5) is 19.1. The molecule has 134 valence electrons. The van der Waals surface area contributed by atoms with Gasteiger partial charge in [-0.25, -0.2) is 4.98 Å². The van der Waals surface area contributed by atoms with E-state index in [4.69, 9.17) is 9.47 Å². The number of fused-ring (bicyclic) bond motifs is 1. The van der Waals surface area contributed by atoms with Crippen molar-refractivity contribution in [1.29, 1.82) is 0 Å². The molecule has 1 aliphatic carbocycles. The highest BCUT2D eigenvalue weighted by Crippen LogP contribution is 2.33. The quantitative estimate of drug-likeness (QED) is 0.831. The molecule has 0 atom stereocenters. The van der Waals surface area contributed by atoms with Gasteiger partial charge in [-0.2, -0.15) is 0 Å². The Morgan fingerprint density at radius 1 is 1.20 bits per heavy atom. The molecule has 2 aromatic rings. The number of nitrogens with zero attached hydrogens (tertiary/aromatic N) is 2. The molecule has 1 amide bonds. The van der Waals surface area contributed by atoms with E-state index in [1.54, 1.807) is 18.4 Å².